The summed E-state index contributed by atoms with van der Waals surface area (Å²) in [7, 11) is 0. The molecule has 6 heterocycles. The molecule has 9 nitrogen and oxygen atoms in total. The van der Waals surface area contributed by atoms with Crippen molar-refractivity contribution in [2.24, 2.45) is 0 Å². The monoisotopic (exact) mass is 502 g/mol. The highest BCUT2D eigenvalue weighted by atomic mass is 19.4. The second-order valence-electron chi connectivity index (χ2n) is 8.09. The summed E-state index contributed by atoms with van der Waals surface area (Å²) in [6, 6.07) is 7.63. The van der Waals surface area contributed by atoms with Crippen LogP contribution in [0.5, 0.6) is 0 Å². The van der Waals surface area contributed by atoms with Gasteiger partial charge >= 0.3 is 12.2 Å². The van der Waals surface area contributed by atoms with E-state index in [9.17, 15) is 22.0 Å². The van der Waals surface area contributed by atoms with Gasteiger partial charge in [0.25, 0.3) is 12.3 Å². The zero-order valence-electron chi connectivity index (χ0n) is 18.1. The third-order valence-electron chi connectivity index (χ3n) is 5.93. The Labute approximate surface area is 198 Å². The summed E-state index contributed by atoms with van der Waals surface area (Å²) in [6.45, 7) is 0.400. The molecule has 0 amide bonds. The van der Waals surface area contributed by atoms with Crippen LogP contribution in [0.15, 0.2) is 53.3 Å². The molecule has 0 bridgehead atoms. The smallest absolute Gasteiger partial charge is 0.402 e. The predicted molar refractivity (Wildman–Crippen MR) is 114 cm³/mol. The van der Waals surface area contributed by atoms with Gasteiger partial charge in [-0.3, -0.25) is 4.98 Å². The van der Waals surface area contributed by atoms with Gasteiger partial charge in [0.2, 0.25) is 0 Å². The van der Waals surface area contributed by atoms with Crippen molar-refractivity contribution in [2.45, 2.75) is 25.1 Å². The maximum Gasteiger partial charge on any atom is 0.417 e. The van der Waals surface area contributed by atoms with Gasteiger partial charge in [-0.15, -0.1) is 5.10 Å². The lowest BCUT2D eigenvalue weighted by molar-refractivity contribution is -0.137. The third-order valence-corrected chi connectivity index (χ3v) is 5.93. The predicted octanol–water partition coefficient (Wildman–Crippen LogP) is 4.61. The van der Waals surface area contributed by atoms with E-state index in [1.165, 1.54) is 23.0 Å². The first-order valence-electron chi connectivity index (χ1n) is 10.7. The van der Waals surface area contributed by atoms with Crippen LogP contribution in [0.3, 0.4) is 0 Å². The van der Waals surface area contributed by atoms with Crippen molar-refractivity contribution < 1.29 is 26.4 Å². The molecule has 0 fully saturated rings. The molecule has 1 atom stereocenters. The van der Waals surface area contributed by atoms with E-state index in [1.54, 1.807) is 17.0 Å². The number of rotatable bonds is 4. The summed E-state index contributed by atoms with van der Waals surface area (Å²) < 4.78 is 72.6. The molecule has 36 heavy (non-hydrogen) atoms. The molecule has 14 heteroatoms. The summed E-state index contributed by atoms with van der Waals surface area (Å²) >= 11 is 0. The van der Waals surface area contributed by atoms with E-state index in [1.807, 2.05) is 0 Å². The zero-order chi connectivity index (χ0) is 25.0. The number of halogens is 5. The van der Waals surface area contributed by atoms with Gasteiger partial charge in [0.1, 0.15) is 17.4 Å². The van der Waals surface area contributed by atoms with Crippen LogP contribution in [0.25, 0.3) is 17.1 Å². The number of H-pyrrole nitrogens is 1. The molecule has 1 aliphatic rings. The summed E-state index contributed by atoms with van der Waals surface area (Å²) in [5.41, 5.74) is 1.31. The quantitative estimate of drug-likeness (QED) is 0.358. The molecule has 0 saturated heterocycles. The van der Waals surface area contributed by atoms with Crippen molar-refractivity contribution in [3.8, 4) is 11.6 Å². The van der Waals surface area contributed by atoms with E-state index < -0.39 is 24.2 Å². The number of nitrogens with one attached hydrogen (secondary N) is 1. The lowest BCUT2D eigenvalue weighted by atomic mass is 10.0. The molecule has 0 aromatic carbocycles. The van der Waals surface area contributed by atoms with Gasteiger partial charge < -0.3 is 14.3 Å². The number of anilines is 1. The first kappa shape index (κ1) is 22.1. The van der Waals surface area contributed by atoms with Gasteiger partial charge in [-0.25, -0.2) is 18.3 Å². The molecular formula is C22H15F5N8O. The van der Waals surface area contributed by atoms with E-state index in [0.717, 1.165) is 17.8 Å². The van der Waals surface area contributed by atoms with E-state index >= 15 is 0 Å². The summed E-state index contributed by atoms with van der Waals surface area (Å²) in [4.78, 5) is 13.0. The molecule has 5 aromatic rings. The molecular weight excluding hydrogens is 487 g/mol. The van der Waals surface area contributed by atoms with Crippen LogP contribution < -0.4 is 4.90 Å². The SMILES string of the molecule is FC(F)c1cccc2cc([C@H]3c4nc[nH]c4CCN3c3nnc(-c4ccc(C(F)(F)F)cn4)o3)nn12. The first-order chi connectivity index (χ1) is 17.3. The number of aromatic amines is 1. The molecule has 0 radical (unpaired) electrons. The average molecular weight is 502 g/mol. The lowest BCUT2D eigenvalue weighted by Gasteiger charge is -2.32. The highest BCUT2D eigenvalue weighted by Crippen LogP contribution is 2.37. The number of nitrogens with zero attached hydrogens (tertiary/aromatic N) is 7. The lowest BCUT2D eigenvalue weighted by Crippen LogP contribution is -2.37. The molecule has 5 aromatic heterocycles. The van der Waals surface area contributed by atoms with Crippen molar-refractivity contribution in [1.29, 1.82) is 0 Å². The van der Waals surface area contributed by atoms with Crippen molar-refractivity contribution >= 4 is 11.5 Å². The van der Waals surface area contributed by atoms with Gasteiger partial charge in [0.15, 0.2) is 0 Å². The van der Waals surface area contributed by atoms with Gasteiger partial charge in [0, 0.05) is 24.9 Å². The Morgan fingerprint density at radius 3 is 2.69 bits per heavy atom. The second-order valence-corrected chi connectivity index (χ2v) is 8.09. The van der Waals surface area contributed by atoms with Crippen LogP contribution in [0.2, 0.25) is 0 Å². The summed E-state index contributed by atoms with van der Waals surface area (Å²) in [5, 5.41) is 12.5. The van der Waals surface area contributed by atoms with Gasteiger partial charge in [-0.05, 0) is 30.3 Å². The van der Waals surface area contributed by atoms with Gasteiger partial charge in [-0.2, -0.15) is 18.3 Å². The number of alkyl halides is 5. The Bertz CT molecular complexity index is 1540. The van der Waals surface area contributed by atoms with Gasteiger partial charge in [0.05, 0.1) is 28.8 Å². The van der Waals surface area contributed by atoms with E-state index in [4.69, 9.17) is 4.42 Å². The normalized spacial score (nSPS) is 16.2. The zero-order valence-corrected chi connectivity index (χ0v) is 18.1. The van der Waals surface area contributed by atoms with Crippen LogP contribution in [0.4, 0.5) is 28.0 Å². The standard InChI is InChI=1S/C22H15F5N8O/c23-19(24)16-3-1-2-12-8-15(33-35(12)16)18-17-13(29-10-30-17)6-7-34(18)21-32-31-20(36-21)14-5-4-11(9-28-14)22(25,26)27/h1-5,8-10,18-19H,6-7H2,(H,29,30)/t18-/m0/s1. The first-order valence-corrected chi connectivity index (χ1v) is 10.7. The minimum atomic E-state index is -4.52. The van der Waals surface area contributed by atoms with Crippen molar-refractivity contribution in [1.82, 2.24) is 34.8 Å². The van der Waals surface area contributed by atoms with E-state index in [0.29, 0.717) is 36.1 Å². The second kappa shape index (κ2) is 8.10. The van der Waals surface area contributed by atoms with E-state index in [2.05, 4.69) is 30.2 Å². The highest BCUT2D eigenvalue weighted by Gasteiger charge is 2.36. The molecule has 184 valence electrons. The number of hydrogen-bond acceptors (Lipinski definition) is 7. The molecule has 0 unspecified atom stereocenters. The van der Waals surface area contributed by atoms with Crippen LogP contribution in [-0.4, -0.2) is 41.3 Å². The fourth-order valence-electron chi connectivity index (χ4n) is 4.26. The number of aromatic nitrogens is 7. The van der Waals surface area contributed by atoms with Crippen LogP contribution >= 0.6 is 0 Å². The Kier molecular flexibility index (Phi) is 4.98. The number of hydrogen-bond donors (Lipinski definition) is 1. The Balaban J connectivity index is 1.40. The fourth-order valence-corrected chi connectivity index (χ4v) is 4.26. The maximum atomic E-state index is 13.5. The van der Waals surface area contributed by atoms with Crippen molar-refractivity contribution in [3.63, 3.8) is 0 Å². The molecule has 6 rings (SSSR count). The van der Waals surface area contributed by atoms with Crippen molar-refractivity contribution in [3.05, 3.63) is 77.3 Å². The minimum Gasteiger partial charge on any atom is -0.402 e. The molecule has 1 aliphatic heterocycles. The highest BCUT2D eigenvalue weighted by molar-refractivity contribution is 5.54. The number of pyridine rings is 2. The topological polar surface area (TPSA) is 101 Å². The maximum absolute atomic E-state index is 13.5. The van der Waals surface area contributed by atoms with E-state index in [-0.39, 0.29) is 23.3 Å². The van der Waals surface area contributed by atoms with Crippen LogP contribution in [0.1, 0.15) is 40.8 Å². The third kappa shape index (κ3) is 3.65. The van der Waals surface area contributed by atoms with Crippen LogP contribution in [0, 0.1) is 0 Å². The molecule has 0 spiro atoms. The average Bonchev–Trinajstić information content (AvgIpc) is 3.61. The molecule has 0 aliphatic carbocycles. The molecule has 1 N–H and O–H groups in total. The fraction of sp³-hybridized carbons (Fsp3) is 0.227. The number of imidazole rings is 1. The number of fused-ring (bicyclic) bond motifs is 2. The van der Waals surface area contributed by atoms with Crippen molar-refractivity contribution in [2.75, 3.05) is 11.4 Å². The Morgan fingerprint density at radius 2 is 1.94 bits per heavy atom. The summed E-state index contributed by atoms with van der Waals surface area (Å²) in [6.07, 6.45) is -4.47. The largest absolute Gasteiger partial charge is 0.417 e. The molecule has 0 saturated carbocycles. The Morgan fingerprint density at radius 1 is 1.08 bits per heavy atom. The minimum absolute atomic E-state index is 0.0662. The van der Waals surface area contributed by atoms with Crippen LogP contribution in [-0.2, 0) is 12.6 Å². The van der Waals surface area contributed by atoms with Gasteiger partial charge in [-0.1, -0.05) is 11.2 Å². The Hall–Kier alpha value is -4.36. The summed E-state index contributed by atoms with van der Waals surface area (Å²) in [5.74, 6) is -0.0692.